The van der Waals surface area contributed by atoms with Crippen LogP contribution in [0.2, 0.25) is 0 Å². The molecule has 2 aromatic rings. The lowest BCUT2D eigenvalue weighted by atomic mass is 10.1. The summed E-state index contributed by atoms with van der Waals surface area (Å²) in [6.45, 7) is 1.89. The van der Waals surface area contributed by atoms with Crippen molar-refractivity contribution in [3.05, 3.63) is 45.1 Å². The van der Waals surface area contributed by atoms with E-state index in [4.69, 9.17) is 0 Å². The first-order chi connectivity index (χ1) is 10.7. The molecule has 6 nitrogen and oxygen atoms in total. The van der Waals surface area contributed by atoms with Crippen molar-refractivity contribution in [2.24, 2.45) is 0 Å². The molecule has 1 aliphatic rings. The number of nitrogens with zero attached hydrogens (tertiary/aromatic N) is 2. The minimum Gasteiger partial charge on any atom is -0.343 e. The molecule has 0 spiro atoms. The average Bonchev–Trinajstić information content (AvgIpc) is 2.55. The SMILES string of the molecule is O=C(CCn1c(=O)[nH]c(=O)c2ccccc21)N1CCCCC1. The van der Waals surface area contributed by atoms with Crippen LogP contribution in [0.15, 0.2) is 33.9 Å². The number of aromatic amines is 1. The van der Waals surface area contributed by atoms with Crippen LogP contribution in [0, 0.1) is 0 Å². The highest BCUT2D eigenvalue weighted by atomic mass is 16.2. The number of hydrogen-bond acceptors (Lipinski definition) is 3. The Bertz CT molecular complexity index is 800. The number of carbonyl (C=O) groups excluding carboxylic acids is 1. The molecule has 0 saturated carbocycles. The number of amides is 1. The molecule has 0 aliphatic carbocycles. The molecule has 6 heteroatoms. The van der Waals surface area contributed by atoms with E-state index in [1.165, 1.54) is 11.0 Å². The molecule has 1 fully saturated rings. The highest BCUT2D eigenvalue weighted by molar-refractivity contribution is 5.79. The van der Waals surface area contributed by atoms with Crippen molar-refractivity contribution in [2.75, 3.05) is 13.1 Å². The first kappa shape index (κ1) is 14.6. The third kappa shape index (κ3) is 2.81. The van der Waals surface area contributed by atoms with Crippen LogP contribution in [-0.4, -0.2) is 33.4 Å². The molecule has 1 N–H and O–H groups in total. The van der Waals surface area contributed by atoms with Gasteiger partial charge in [0.2, 0.25) is 5.91 Å². The Kier molecular flexibility index (Phi) is 4.09. The number of benzene rings is 1. The van der Waals surface area contributed by atoms with Gasteiger partial charge < -0.3 is 4.90 Å². The van der Waals surface area contributed by atoms with Gasteiger partial charge >= 0.3 is 5.69 Å². The maximum atomic E-state index is 12.2. The normalized spacial score (nSPS) is 15.2. The number of aryl methyl sites for hydroxylation is 1. The number of H-pyrrole nitrogens is 1. The number of carbonyl (C=O) groups is 1. The Morgan fingerprint density at radius 2 is 1.82 bits per heavy atom. The summed E-state index contributed by atoms with van der Waals surface area (Å²) < 4.78 is 1.47. The van der Waals surface area contributed by atoms with E-state index in [1.54, 1.807) is 24.3 Å². The van der Waals surface area contributed by atoms with Gasteiger partial charge in [-0.2, -0.15) is 0 Å². The van der Waals surface area contributed by atoms with E-state index in [-0.39, 0.29) is 24.4 Å². The second-order valence-electron chi connectivity index (χ2n) is 5.62. The Labute approximate surface area is 127 Å². The fourth-order valence-electron chi connectivity index (χ4n) is 2.97. The molecule has 0 bridgehead atoms. The summed E-state index contributed by atoms with van der Waals surface area (Å²) in [6.07, 6.45) is 3.55. The van der Waals surface area contributed by atoms with Crippen LogP contribution < -0.4 is 11.2 Å². The molecule has 22 heavy (non-hydrogen) atoms. The standard InChI is InChI=1S/C16H19N3O3/c20-14(18-9-4-1-5-10-18)8-11-19-13-7-3-2-6-12(13)15(21)17-16(19)22/h2-3,6-7H,1,4-5,8-11H2,(H,17,21,22). The number of rotatable bonds is 3. The molecule has 1 aromatic carbocycles. The summed E-state index contributed by atoms with van der Waals surface area (Å²) in [5.74, 6) is 0.0712. The van der Waals surface area contributed by atoms with E-state index >= 15 is 0 Å². The predicted molar refractivity (Wildman–Crippen MR) is 83.9 cm³/mol. The van der Waals surface area contributed by atoms with E-state index in [0.717, 1.165) is 25.9 Å². The molecule has 1 saturated heterocycles. The lowest BCUT2D eigenvalue weighted by Gasteiger charge is -2.26. The van der Waals surface area contributed by atoms with E-state index in [9.17, 15) is 14.4 Å². The van der Waals surface area contributed by atoms with Crippen molar-refractivity contribution in [3.63, 3.8) is 0 Å². The molecule has 0 unspecified atom stereocenters. The summed E-state index contributed by atoms with van der Waals surface area (Å²) >= 11 is 0. The van der Waals surface area contributed by atoms with Gasteiger partial charge in [0.25, 0.3) is 5.56 Å². The van der Waals surface area contributed by atoms with Crippen molar-refractivity contribution in [3.8, 4) is 0 Å². The second-order valence-corrected chi connectivity index (χ2v) is 5.62. The molecular weight excluding hydrogens is 282 g/mol. The molecule has 2 heterocycles. The molecule has 116 valence electrons. The minimum atomic E-state index is -0.463. The van der Waals surface area contributed by atoms with Crippen molar-refractivity contribution in [2.45, 2.75) is 32.2 Å². The summed E-state index contributed by atoms with van der Waals surface area (Å²) in [5.41, 5.74) is -0.281. The van der Waals surface area contributed by atoms with Crippen LogP contribution in [0.1, 0.15) is 25.7 Å². The number of piperidine rings is 1. The fraction of sp³-hybridized carbons (Fsp3) is 0.438. The van der Waals surface area contributed by atoms with Gasteiger partial charge in [-0.15, -0.1) is 0 Å². The zero-order valence-corrected chi connectivity index (χ0v) is 12.4. The van der Waals surface area contributed by atoms with Gasteiger partial charge in [0.1, 0.15) is 0 Å². The molecule has 0 radical (unpaired) electrons. The third-order valence-electron chi connectivity index (χ3n) is 4.16. The van der Waals surface area contributed by atoms with Gasteiger partial charge in [0.15, 0.2) is 0 Å². The molecule has 0 atom stereocenters. The minimum absolute atomic E-state index is 0.0712. The number of hydrogen-bond donors (Lipinski definition) is 1. The van der Waals surface area contributed by atoms with E-state index in [0.29, 0.717) is 10.9 Å². The van der Waals surface area contributed by atoms with E-state index in [2.05, 4.69) is 4.98 Å². The van der Waals surface area contributed by atoms with Crippen LogP contribution in [-0.2, 0) is 11.3 Å². The number of nitrogens with one attached hydrogen (secondary N) is 1. The van der Waals surface area contributed by atoms with E-state index in [1.807, 2.05) is 4.90 Å². The van der Waals surface area contributed by atoms with Crippen molar-refractivity contribution < 1.29 is 4.79 Å². The quantitative estimate of drug-likeness (QED) is 0.922. The maximum absolute atomic E-state index is 12.2. The van der Waals surface area contributed by atoms with Crippen LogP contribution in [0.25, 0.3) is 10.9 Å². The van der Waals surface area contributed by atoms with Gasteiger partial charge in [-0.3, -0.25) is 19.1 Å². The van der Waals surface area contributed by atoms with Gasteiger partial charge in [-0.25, -0.2) is 4.79 Å². The largest absolute Gasteiger partial charge is 0.343 e. The Balaban J connectivity index is 1.83. The number of aromatic nitrogens is 2. The summed E-state index contributed by atoms with van der Waals surface area (Å²) in [5, 5.41) is 0.465. The monoisotopic (exact) mass is 301 g/mol. The van der Waals surface area contributed by atoms with Crippen LogP contribution >= 0.6 is 0 Å². The van der Waals surface area contributed by atoms with Crippen LogP contribution in [0.4, 0.5) is 0 Å². The van der Waals surface area contributed by atoms with Crippen molar-refractivity contribution in [1.82, 2.24) is 14.5 Å². The lowest BCUT2D eigenvalue weighted by Crippen LogP contribution is -2.37. The Morgan fingerprint density at radius 1 is 1.09 bits per heavy atom. The second kappa shape index (κ2) is 6.17. The van der Waals surface area contributed by atoms with Gasteiger partial charge in [-0.05, 0) is 31.4 Å². The summed E-state index contributed by atoms with van der Waals surface area (Å²) in [6, 6.07) is 6.95. The van der Waals surface area contributed by atoms with Gasteiger partial charge in [0.05, 0.1) is 10.9 Å². The van der Waals surface area contributed by atoms with Gasteiger partial charge in [-0.1, -0.05) is 12.1 Å². The average molecular weight is 301 g/mol. The molecule has 3 rings (SSSR count). The number of para-hydroxylation sites is 1. The van der Waals surface area contributed by atoms with Crippen LogP contribution in [0.5, 0.6) is 0 Å². The third-order valence-corrected chi connectivity index (χ3v) is 4.16. The van der Waals surface area contributed by atoms with Crippen molar-refractivity contribution >= 4 is 16.8 Å². The van der Waals surface area contributed by atoms with E-state index < -0.39 is 5.69 Å². The molecular formula is C16H19N3O3. The zero-order chi connectivity index (χ0) is 15.5. The number of fused-ring (bicyclic) bond motifs is 1. The maximum Gasteiger partial charge on any atom is 0.328 e. The van der Waals surface area contributed by atoms with Crippen LogP contribution in [0.3, 0.4) is 0 Å². The highest BCUT2D eigenvalue weighted by Gasteiger charge is 2.17. The highest BCUT2D eigenvalue weighted by Crippen LogP contribution is 2.11. The zero-order valence-electron chi connectivity index (χ0n) is 12.4. The smallest absolute Gasteiger partial charge is 0.328 e. The first-order valence-electron chi connectivity index (χ1n) is 7.66. The Hall–Kier alpha value is -2.37. The first-order valence-corrected chi connectivity index (χ1v) is 7.66. The number of likely N-dealkylation sites (tertiary alicyclic amines) is 1. The molecule has 1 amide bonds. The fourth-order valence-corrected chi connectivity index (χ4v) is 2.97. The Morgan fingerprint density at radius 3 is 2.59 bits per heavy atom. The summed E-state index contributed by atoms with van der Waals surface area (Å²) in [4.78, 5) is 40.2. The molecule has 1 aliphatic heterocycles. The molecule has 1 aromatic heterocycles. The van der Waals surface area contributed by atoms with Gasteiger partial charge in [0, 0.05) is 26.1 Å². The topological polar surface area (TPSA) is 75.2 Å². The van der Waals surface area contributed by atoms with Crippen molar-refractivity contribution in [1.29, 1.82) is 0 Å². The summed E-state index contributed by atoms with van der Waals surface area (Å²) in [7, 11) is 0. The predicted octanol–water partition coefficient (Wildman–Crippen LogP) is 1.09. The lowest BCUT2D eigenvalue weighted by molar-refractivity contribution is -0.132.